The predicted octanol–water partition coefficient (Wildman–Crippen LogP) is 4.40. The standard InChI is InChI=1S/C13H28Se2/c1-4-7-9-12-15(14,11-6-3)13-10-8-5-2/h6,15H,3-5,7-13H2,1-2H3. The van der Waals surface area contributed by atoms with Crippen LogP contribution < -0.4 is 0 Å². The van der Waals surface area contributed by atoms with Gasteiger partial charge in [-0.25, -0.2) is 0 Å². The predicted molar refractivity (Wildman–Crippen MR) is 76.6 cm³/mol. The first-order valence-electron chi connectivity index (χ1n) is 6.36. The summed E-state index contributed by atoms with van der Waals surface area (Å²) in [7, 11) is -1.42. The molecule has 0 N–H and O–H groups in total. The molecular weight excluding hydrogens is 314 g/mol. The summed E-state index contributed by atoms with van der Waals surface area (Å²) >= 11 is 3.61. The van der Waals surface area contributed by atoms with E-state index in [0.29, 0.717) is 0 Å². The van der Waals surface area contributed by atoms with E-state index in [2.05, 4.69) is 40.2 Å². The van der Waals surface area contributed by atoms with Gasteiger partial charge in [-0.05, 0) is 0 Å². The maximum atomic E-state index is 3.93. The Balaban J connectivity index is 3.94. The van der Waals surface area contributed by atoms with Crippen molar-refractivity contribution in [2.24, 2.45) is 0 Å². The second-order valence-electron chi connectivity index (χ2n) is 4.39. The van der Waals surface area contributed by atoms with Crippen molar-refractivity contribution in [1.29, 1.82) is 0 Å². The fraction of sp³-hybridized carbons (Fsp3) is 0.846. The number of rotatable bonds is 10. The number of hydrogen-bond donors (Lipinski definition) is 0. The van der Waals surface area contributed by atoms with E-state index in [1.54, 1.807) is 0 Å². The number of hydrogen-bond acceptors (Lipinski definition) is 0. The normalized spacial score (nSPS) is 12.7. The van der Waals surface area contributed by atoms with Crippen LogP contribution in [0.1, 0.15) is 52.4 Å². The van der Waals surface area contributed by atoms with E-state index in [1.807, 2.05) is 0 Å². The van der Waals surface area contributed by atoms with Gasteiger partial charge in [0.15, 0.2) is 0 Å². The topological polar surface area (TPSA) is 0 Å². The van der Waals surface area contributed by atoms with Crippen LogP contribution in [0.15, 0.2) is 12.7 Å². The van der Waals surface area contributed by atoms with E-state index < -0.39 is 10.5 Å². The molecule has 0 aliphatic heterocycles. The van der Waals surface area contributed by atoms with Gasteiger partial charge in [0.25, 0.3) is 0 Å². The van der Waals surface area contributed by atoms with Gasteiger partial charge >= 0.3 is 105 Å². The molecule has 0 unspecified atom stereocenters. The molecule has 0 rings (SSSR count). The molecule has 0 heterocycles. The van der Waals surface area contributed by atoms with Crippen molar-refractivity contribution < 1.29 is 0 Å². The zero-order valence-electron chi connectivity index (χ0n) is 10.5. The molecule has 0 aliphatic rings. The Bertz CT molecular complexity index is 183. The third-order valence-electron chi connectivity index (χ3n) is 2.80. The molecule has 0 saturated heterocycles. The fourth-order valence-electron chi connectivity index (χ4n) is 1.83. The summed E-state index contributed by atoms with van der Waals surface area (Å²) in [6.07, 6.45) is 10.6. The van der Waals surface area contributed by atoms with Crippen molar-refractivity contribution in [3.63, 3.8) is 0 Å². The van der Waals surface area contributed by atoms with Crippen LogP contribution in [0.3, 0.4) is 0 Å². The van der Waals surface area contributed by atoms with E-state index in [4.69, 9.17) is 0 Å². The van der Waals surface area contributed by atoms with Crippen LogP contribution in [0.2, 0.25) is 16.0 Å². The molecule has 2 heteroatoms. The van der Waals surface area contributed by atoms with Crippen molar-refractivity contribution in [3.8, 4) is 0 Å². The Hall–Kier alpha value is 0.779. The van der Waals surface area contributed by atoms with E-state index in [1.165, 1.54) is 54.5 Å². The summed E-state index contributed by atoms with van der Waals surface area (Å²) in [4.78, 5) is 0. The van der Waals surface area contributed by atoms with Crippen molar-refractivity contribution in [3.05, 3.63) is 12.7 Å². The van der Waals surface area contributed by atoms with Gasteiger partial charge in [0.1, 0.15) is 0 Å². The minimum absolute atomic E-state index is 1.31. The Morgan fingerprint density at radius 1 is 1.00 bits per heavy atom. The maximum absolute atomic E-state index is 3.93. The summed E-state index contributed by atoms with van der Waals surface area (Å²) in [5, 5.41) is 4.31. The Morgan fingerprint density at radius 3 is 1.80 bits per heavy atom. The van der Waals surface area contributed by atoms with E-state index >= 15 is 0 Å². The third kappa shape index (κ3) is 8.57. The number of allylic oxidation sites excluding steroid dienone is 1. The second kappa shape index (κ2) is 9.97. The zero-order valence-corrected chi connectivity index (χ0v) is 14.1. The molecule has 0 bridgehead atoms. The van der Waals surface area contributed by atoms with Crippen LogP contribution in [-0.2, 0) is 0 Å². The molecule has 15 heavy (non-hydrogen) atoms. The molecule has 0 nitrogen and oxygen atoms in total. The van der Waals surface area contributed by atoms with E-state index in [0.717, 1.165) is 0 Å². The Kier molecular flexibility index (Phi) is 10.5. The summed E-state index contributed by atoms with van der Waals surface area (Å²) in [6.45, 7) is 8.50. The van der Waals surface area contributed by atoms with Crippen LogP contribution >= 0.6 is 0 Å². The first-order valence-corrected chi connectivity index (χ1v) is 15.1. The van der Waals surface area contributed by atoms with Crippen molar-refractivity contribution in [1.82, 2.24) is 0 Å². The molecule has 0 aromatic heterocycles. The zero-order chi connectivity index (χ0) is 11.6. The van der Waals surface area contributed by atoms with Crippen LogP contribution in [0.4, 0.5) is 0 Å². The molecule has 0 aromatic carbocycles. The summed E-state index contributed by atoms with van der Waals surface area (Å²) in [5.41, 5.74) is 0. The molecule has 0 aromatic rings. The SMILES string of the molecule is C=CC[SeH](=[Se])(CCCCC)CCCCC. The average molecular weight is 342 g/mol. The first kappa shape index (κ1) is 15.8. The van der Waals surface area contributed by atoms with Crippen molar-refractivity contribution >= 4 is 24.1 Å². The monoisotopic (exact) mass is 344 g/mol. The van der Waals surface area contributed by atoms with Crippen LogP contribution in [0, 0.1) is 0 Å². The van der Waals surface area contributed by atoms with Gasteiger partial charge in [0.05, 0.1) is 0 Å². The Morgan fingerprint density at radius 2 is 1.47 bits per heavy atom. The number of unbranched alkanes of at least 4 members (excludes halogenated alkanes) is 4. The van der Waals surface area contributed by atoms with Crippen molar-refractivity contribution in [2.75, 3.05) is 0 Å². The third-order valence-corrected chi connectivity index (χ3v) is 15.1. The van der Waals surface area contributed by atoms with Gasteiger partial charge < -0.3 is 0 Å². The second-order valence-corrected chi connectivity index (χ2v) is 19.9. The quantitative estimate of drug-likeness (QED) is 0.314. The van der Waals surface area contributed by atoms with Gasteiger partial charge in [-0.15, -0.1) is 0 Å². The molecule has 0 atom stereocenters. The molecule has 0 amide bonds. The van der Waals surface area contributed by atoms with Gasteiger partial charge in [-0.1, -0.05) is 0 Å². The van der Waals surface area contributed by atoms with E-state index in [-0.39, 0.29) is 0 Å². The summed E-state index contributed by atoms with van der Waals surface area (Å²) in [6, 6.07) is 0. The van der Waals surface area contributed by atoms with Gasteiger partial charge in [-0.3, -0.25) is 0 Å². The van der Waals surface area contributed by atoms with Crippen molar-refractivity contribution in [2.45, 2.75) is 68.3 Å². The van der Waals surface area contributed by atoms with Crippen LogP contribution in [-0.4, -0.2) is 24.1 Å². The molecule has 0 aliphatic carbocycles. The van der Waals surface area contributed by atoms with Gasteiger partial charge in [-0.2, -0.15) is 0 Å². The first-order chi connectivity index (χ1) is 7.18. The van der Waals surface area contributed by atoms with Crippen LogP contribution in [0.5, 0.6) is 0 Å². The average Bonchev–Trinajstić information content (AvgIpc) is 2.19. The molecule has 0 radical (unpaired) electrons. The molecule has 0 fully saturated rings. The minimum atomic E-state index is -1.42. The Labute approximate surface area is 105 Å². The van der Waals surface area contributed by atoms with Gasteiger partial charge in [0, 0.05) is 0 Å². The summed E-state index contributed by atoms with van der Waals surface area (Å²) in [5.74, 6) is 0. The fourth-order valence-corrected chi connectivity index (χ4v) is 11.4. The molecular formula is C13H28Se2. The van der Waals surface area contributed by atoms with Gasteiger partial charge in [0.2, 0.25) is 0 Å². The summed E-state index contributed by atoms with van der Waals surface area (Å²) < 4.78 is 0. The molecule has 0 spiro atoms. The van der Waals surface area contributed by atoms with E-state index in [9.17, 15) is 0 Å². The van der Waals surface area contributed by atoms with Crippen LogP contribution in [0.25, 0.3) is 0 Å². The molecule has 92 valence electrons. The molecule has 0 saturated carbocycles.